The number of benzene rings is 1. The summed E-state index contributed by atoms with van der Waals surface area (Å²) in [7, 11) is 1.56. The molecule has 3 aromatic rings. The minimum Gasteiger partial charge on any atom is -0.394 e. The van der Waals surface area contributed by atoms with Crippen LogP contribution < -0.4 is 15.5 Å². The number of hydrogen-bond donors (Lipinski definition) is 4. The Kier molecular flexibility index (Phi) is 6.33. The molecular weight excluding hydrogens is 451 g/mol. The number of nitrogens with one attached hydrogen (secondary N) is 2. The third-order valence-corrected chi connectivity index (χ3v) is 6.52. The van der Waals surface area contributed by atoms with Gasteiger partial charge < -0.3 is 25.7 Å². The van der Waals surface area contributed by atoms with Gasteiger partial charge in [0.15, 0.2) is 6.23 Å². The zero-order valence-corrected chi connectivity index (χ0v) is 19.3. The number of halogens is 1. The highest BCUT2D eigenvalue weighted by atomic mass is 19.1. The summed E-state index contributed by atoms with van der Waals surface area (Å²) in [5.74, 6) is -0.642. The SMILES string of the molecule is CNC(=O)c1ccc(N2CCN(Cc3cnc4c(c3)NC(O)c3cc(F)ccc3-4)C[C@@H]2CO)cn1. The van der Waals surface area contributed by atoms with Crippen molar-refractivity contribution in [2.75, 3.05) is 43.5 Å². The van der Waals surface area contributed by atoms with Gasteiger partial charge in [0.05, 0.1) is 35.9 Å². The predicted octanol–water partition coefficient (Wildman–Crippen LogP) is 1.74. The zero-order valence-electron chi connectivity index (χ0n) is 19.3. The first kappa shape index (κ1) is 23.2. The average Bonchev–Trinajstić information content (AvgIpc) is 2.88. The van der Waals surface area contributed by atoms with Crippen molar-refractivity contribution in [2.24, 2.45) is 0 Å². The molecule has 2 aliphatic heterocycles. The highest BCUT2D eigenvalue weighted by Gasteiger charge is 2.28. The smallest absolute Gasteiger partial charge is 0.269 e. The lowest BCUT2D eigenvalue weighted by Crippen LogP contribution is -2.54. The van der Waals surface area contributed by atoms with Crippen LogP contribution in [0, 0.1) is 5.82 Å². The van der Waals surface area contributed by atoms with Gasteiger partial charge in [0.25, 0.3) is 5.91 Å². The van der Waals surface area contributed by atoms with Crippen LogP contribution in [0.5, 0.6) is 0 Å². The molecule has 0 bridgehead atoms. The van der Waals surface area contributed by atoms with Crippen LogP contribution in [0.1, 0.15) is 27.8 Å². The first-order valence-corrected chi connectivity index (χ1v) is 11.5. The number of nitrogens with zero attached hydrogens (tertiary/aromatic N) is 4. The number of aromatic nitrogens is 2. The molecular formula is C25H27FN6O3. The molecule has 10 heteroatoms. The molecule has 0 aliphatic carbocycles. The molecule has 9 nitrogen and oxygen atoms in total. The lowest BCUT2D eigenvalue weighted by atomic mass is 9.97. The van der Waals surface area contributed by atoms with Crippen LogP contribution in [0.15, 0.2) is 48.8 Å². The van der Waals surface area contributed by atoms with Crippen molar-refractivity contribution in [3.05, 3.63) is 71.4 Å². The first-order valence-electron chi connectivity index (χ1n) is 11.5. The molecule has 35 heavy (non-hydrogen) atoms. The van der Waals surface area contributed by atoms with Crippen LogP contribution in [0.25, 0.3) is 11.3 Å². The highest BCUT2D eigenvalue weighted by molar-refractivity contribution is 5.92. The Hall–Kier alpha value is -3.60. The van der Waals surface area contributed by atoms with Crippen molar-refractivity contribution in [2.45, 2.75) is 18.8 Å². The summed E-state index contributed by atoms with van der Waals surface area (Å²) in [6.45, 7) is 2.72. The van der Waals surface area contributed by atoms with Crippen LogP contribution in [0.2, 0.25) is 0 Å². The van der Waals surface area contributed by atoms with Gasteiger partial charge in [0.2, 0.25) is 0 Å². The highest BCUT2D eigenvalue weighted by Crippen LogP contribution is 2.39. The molecule has 1 unspecified atom stereocenters. The van der Waals surface area contributed by atoms with E-state index in [2.05, 4.69) is 30.4 Å². The van der Waals surface area contributed by atoms with Gasteiger partial charge >= 0.3 is 0 Å². The van der Waals surface area contributed by atoms with Crippen LogP contribution in [0.4, 0.5) is 15.8 Å². The number of carbonyl (C=O) groups is 1. The van der Waals surface area contributed by atoms with Gasteiger partial charge in [-0.25, -0.2) is 9.37 Å². The van der Waals surface area contributed by atoms with E-state index in [9.17, 15) is 19.4 Å². The van der Waals surface area contributed by atoms with Crippen molar-refractivity contribution in [1.29, 1.82) is 0 Å². The Bertz CT molecular complexity index is 1240. The first-order chi connectivity index (χ1) is 17.0. The monoisotopic (exact) mass is 478 g/mol. The number of aliphatic hydroxyl groups is 2. The van der Waals surface area contributed by atoms with Gasteiger partial charge in [-0.3, -0.25) is 14.7 Å². The van der Waals surface area contributed by atoms with Gasteiger partial charge in [0.1, 0.15) is 11.5 Å². The number of hydrogen-bond acceptors (Lipinski definition) is 8. The van der Waals surface area contributed by atoms with E-state index in [0.717, 1.165) is 17.8 Å². The molecule has 2 atom stereocenters. The number of anilines is 2. The molecule has 182 valence electrons. The summed E-state index contributed by atoms with van der Waals surface area (Å²) in [6, 6.07) is 9.70. The summed E-state index contributed by atoms with van der Waals surface area (Å²) in [5.41, 5.74) is 4.74. The van der Waals surface area contributed by atoms with E-state index >= 15 is 0 Å². The molecule has 1 saturated heterocycles. The second-order valence-corrected chi connectivity index (χ2v) is 8.76. The Balaban J connectivity index is 1.29. The van der Waals surface area contributed by atoms with Crippen molar-refractivity contribution in [3.8, 4) is 11.3 Å². The Morgan fingerprint density at radius 1 is 1.20 bits per heavy atom. The van der Waals surface area contributed by atoms with E-state index in [1.165, 1.54) is 12.1 Å². The Morgan fingerprint density at radius 3 is 2.80 bits per heavy atom. The third kappa shape index (κ3) is 4.55. The molecule has 1 aromatic carbocycles. The van der Waals surface area contributed by atoms with Gasteiger partial charge in [-0.05, 0) is 42.0 Å². The Morgan fingerprint density at radius 2 is 2.06 bits per heavy atom. The molecule has 4 heterocycles. The summed E-state index contributed by atoms with van der Waals surface area (Å²) < 4.78 is 13.6. The molecule has 4 N–H and O–H groups in total. The van der Waals surface area contributed by atoms with E-state index in [4.69, 9.17) is 0 Å². The summed E-state index contributed by atoms with van der Waals surface area (Å²) >= 11 is 0. The van der Waals surface area contributed by atoms with E-state index in [-0.39, 0.29) is 18.6 Å². The largest absolute Gasteiger partial charge is 0.394 e. The van der Waals surface area contributed by atoms with E-state index in [1.54, 1.807) is 31.6 Å². The van der Waals surface area contributed by atoms with E-state index < -0.39 is 12.0 Å². The molecule has 0 spiro atoms. The fraction of sp³-hybridized carbons (Fsp3) is 0.320. The van der Waals surface area contributed by atoms with Crippen LogP contribution in [0.3, 0.4) is 0 Å². The van der Waals surface area contributed by atoms with Gasteiger partial charge in [-0.1, -0.05) is 0 Å². The lowest BCUT2D eigenvalue weighted by Gasteiger charge is -2.42. The zero-order chi connectivity index (χ0) is 24.5. The molecule has 0 radical (unpaired) electrons. The van der Waals surface area contributed by atoms with E-state index in [1.807, 2.05) is 12.1 Å². The number of pyridine rings is 2. The molecule has 2 aliphatic rings. The number of carbonyl (C=O) groups excluding carboxylic acids is 1. The maximum absolute atomic E-state index is 13.6. The molecule has 2 aromatic heterocycles. The number of aliphatic hydroxyl groups excluding tert-OH is 2. The minimum atomic E-state index is -1.00. The van der Waals surface area contributed by atoms with Crippen LogP contribution in [-0.4, -0.2) is 70.3 Å². The molecule has 0 saturated carbocycles. The van der Waals surface area contributed by atoms with E-state index in [0.29, 0.717) is 47.8 Å². The number of amides is 1. The van der Waals surface area contributed by atoms with Gasteiger partial charge in [0, 0.05) is 50.6 Å². The standard InChI is InChI=1S/C25H27FN6O3/c1-27-25(35)21-5-3-17(11-28-21)32-7-6-31(13-18(32)14-33)12-15-8-22-23(29-10-15)19-4-2-16(26)9-20(19)24(34)30-22/h2-5,8-11,18,24,30,33-34H,6-7,12-14H2,1H3,(H,27,35)/t18-,24?/m1/s1. The normalized spacial score (nSPS) is 19.5. The fourth-order valence-electron chi connectivity index (χ4n) is 4.76. The van der Waals surface area contributed by atoms with Gasteiger partial charge in [-0.15, -0.1) is 0 Å². The fourth-order valence-corrected chi connectivity index (χ4v) is 4.76. The molecule has 1 fully saturated rings. The second-order valence-electron chi connectivity index (χ2n) is 8.76. The maximum atomic E-state index is 13.6. The van der Waals surface area contributed by atoms with Crippen molar-refractivity contribution < 1.29 is 19.4 Å². The van der Waals surface area contributed by atoms with Crippen LogP contribution in [-0.2, 0) is 6.54 Å². The van der Waals surface area contributed by atoms with Crippen molar-refractivity contribution >= 4 is 17.3 Å². The second kappa shape index (κ2) is 9.57. The third-order valence-electron chi connectivity index (χ3n) is 6.52. The van der Waals surface area contributed by atoms with Crippen molar-refractivity contribution in [1.82, 2.24) is 20.2 Å². The minimum absolute atomic E-state index is 0.0166. The molecule has 1 amide bonds. The average molecular weight is 479 g/mol. The topological polar surface area (TPSA) is 114 Å². The van der Waals surface area contributed by atoms with Crippen molar-refractivity contribution in [3.63, 3.8) is 0 Å². The number of piperazine rings is 1. The quantitative estimate of drug-likeness (QED) is 0.439. The van der Waals surface area contributed by atoms with Crippen LogP contribution >= 0.6 is 0 Å². The maximum Gasteiger partial charge on any atom is 0.269 e. The molecule has 5 rings (SSSR count). The summed E-state index contributed by atoms with van der Waals surface area (Å²) in [4.78, 5) is 24.9. The lowest BCUT2D eigenvalue weighted by molar-refractivity contribution is 0.0958. The predicted molar refractivity (Wildman–Crippen MR) is 129 cm³/mol. The Labute approximate surface area is 202 Å². The summed E-state index contributed by atoms with van der Waals surface area (Å²) in [5, 5.41) is 26.1. The number of rotatable bonds is 5. The van der Waals surface area contributed by atoms with Gasteiger partial charge in [-0.2, -0.15) is 0 Å². The summed E-state index contributed by atoms with van der Waals surface area (Å²) in [6.07, 6.45) is 2.46. The number of fused-ring (bicyclic) bond motifs is 3.